The van der Waals surface area contributed by atoms with Crippen LogP contribution in [0.4, 0.5) is 4.39 Å². The second-order valence-electron chi connectivity index (χ2n) is 3.06. The Morgan fingerprint density at radius 3 is 2.81 bits per heavy atom. The van der Waals surface area contributed by atoms with Gasteiger partial charge in [-0.25, -0.2) is 4.39 Å². The lowest BCUT2D eigenvalue weighted by molar-refractivity contribution is -0.139. The van der Waals surface area contributed by atoms with Crippen LogP contribution in [-0.2, 0) is 4.79 Å². The van der Waals surface area contributed by atoms with Crippen LogP contribution in [0.2, 0.25) is 0 Å². The summed E-state index contributed by atoms with van der Waals surface area (Å²) < 4.78 is 18.1. The van der Waals surface area contributed by atoms with E-state index < -0.39 is 17.8 Å². The normalized spacial score (nSPS) is 11.9. The number of aldehydes is 1. The molecule has 0 aliphatic heterocycles. The summed E-state index contributed by atoms with van der Waals surface area (Å²) in [5.41, 5.74) is 5.34. The monoisotopic (exact) mass is 227 g/mol. The summed E-state index contributed by atoms with van der Waals surface area (Å²) in [5, 5.41) is 8.47. The molecule has 1 unspecified atom stereocenters. The van der Waals surface area contributed by atoms with E-state index in [4.69, 9.17) is 15.6 Å². The number of rotatable bonds is 5. The van der Waals surface area contributed by atoms with Crippen LogP contribution >= 0.6 is 0 Å². The largest absolute Gasteiger partial charge is 0.488 e. The van der Waals surface area contributed by atoms with Crippen molar-refractivity contribution >= 4 is 12.3 Å². The number of nitrogens with two attached hydrogens (primary N) is 1. The van der Waals surface area contributed by atoms with E-state index >= 15 is 0 Å². The highest BCUT2D eigenvalue weighted by Crippen LogP contribution is 2.17. The van der Waals surface area contributed by atoms with E-state index in [-0.39, 0.29) is 17.9 Å². The Bertz CT molecular complexity index is 408. The van der Waals surface area contributed by atoms with E-state index in [1.807, 2.05) is 0 Å². The Morgan fingerprint density at radius 1 is 1.62 bits per heavy atom. The number of halogens is 1. The van der Waals surface area contributed by atoms with Crippen LogP contribution in [0.1, 0.15) is 10.4 Å². The third kappa shape index (κ3) is 3.03. The molecule has 1 rings (SSSR count). The zero-order chi connectivity index (χ0) is 12.1. The van der Waals surface area contributed by atoms with Crippen molar-refractivity contribution in [3.63, 3.8) is 0 Å². The van der Waals surface area contributed by atoms with Crippen LogP contribution in [0.3, 0.4) is 0 Å². The highest BCUT2D eigenvalue weighted by atomic mass is 19.1. The highest BCUT2D eigenvalue weighted by Gasteiger charge is 2.13. The molecule has 1 atom stereocenters. The molecule has 1 aromatic rings. The first-order valence-electron chi connectivity index (χ1n) is 4.40. The molecule has 86 valence electrons. The summed E-state index contributed by atoms with van der Waals surface area (Å²) in [6, 6.07) is 2.38. The van der Waals surface area contributed by atoms with E-state index in [0.29, 0.717) is 6.29 Å². The van der Waals surface area contributed by atoms with Crippen molar-refractivity contribution in [2.75, 3.05) is 6.61 Å². The maximum atomic E-state index is 13.2. The minimum Gasteiger partial charge on any atom is -0.488 e. The molecular weight excluding hydrogens is 217 g/mol. The molecule has 0 aliphatic carbocycles. The molecular formula is C10H10FNO4. The summed E-state index contributed by atoms with van der Waals surface area (Å²) in [7, 11) is 0. The molecule has 16 heavy (non-hydrogen) atoms. The minimum atomic E-state index is -1.23. The predicted octanol–water partition coefficient (Wildman–Crippen LogP) is 0.429. The molecule has 0 aliphatic rings. The molecule has 1 aromatic carbocycles. The number of carboxylic acids is 1. The van der Waals surface area contributed by atoms with Gasteiger partial charge in [0.15, 0.2) is 11.6 Å². The predicted molar refractivity (Wildman–Crippen MR) is 52.9 cm³/mol. The van der Waals surface area contributed by atoms with E-state index in [9.17, 15) is 14.0 Å². The summed E-state index contributed by atoms with van der Waals surface area (Å²) >= 11 is 0. The summed E-state index contributed by atoms with van der Waals surface area (Å²) in [6.07, 6.45) is 0.496. The fraction of sp³-hybridized carbons (Fsp3) is 0.200. The first-order valence-corrected chi connectivity index (χ1v) is 4.40. The second kappa shape index (κ2) is 5.22. The van der Waals surface area contributed by atoms with Gasteiger partial charge in [-0.3, -0.25) is 9.59 Å². The topological polar surface area (TPSA) is 89.6 Å². The number of hydrogen-bond acceptors (Lipinski definition) is 4. The van der Waals surface area contributed by atoms with Crippen molar-refractivity contribution in [1.29, 1.82) is 0 Å². The molecule has 6 heteroatoms. The fourth-order valence-corrected chi connectivity index (χ4v) is 0.958. The molecule has 0 radical (unpaired) electrons. The number of carbonyl (C=O) groups is 2. The third-order valence-electron chi connectivity index (χ3n) is 1.83. The van der Waals surface area contributed by atoms with E-state index in [2.05, 4.69) is 0 Å². The molecule has 0 heterocycles. The van der Waals surface area contributed by atoms with Gasteiger partial charge in [0.1, 0.15) is 18.9 Å². The second-order valence-corrected chi connectivity index (χ2v) is 3.06. The minimum absolute atomic E-state index is 0.137. The van der Waals surface area contributed by atoms with Crippen LogP contribution in [0.15, 0.2) is 18.2 Å². The lowest BCUT2D eigenvalue weighted by atomic mass is 10.2. The molecule has 0 amide bonds. The van der Waals surface area contributed by atoms with E-state index in [1.54, 1.807) is 0 Å². The fourth-order valence-electron chi connectivity index (χ4n) is 0.958. The SMILES string of the molecule is NC(COc1ccc(C=O)cc1F)C(=O)O. The average Bonchev–Trinajstić information content (AvgIpc) is 2.26. The molecule has 0 aromatic heterocycles. The Labute approximate surface area is 90.6 Å². The maximum absolute atomic E-state index is 13.2. The molecule has 0 bridgehead atoms. The van der Waals surface area contributed by atoms with Crippen molar-refractivity contribution in [1.82, 2.24) is 0 Å². The first-order chi connectivity index (χ1) is 7.54. The molecule has 0 saturated carbocycles. The molecule has 0 saturated heterocycles. The summed E-state index contributed by atoms with van der Waals surface area (Å²) in [4.78, 5) is 20.7. The van der Waals surface area contributed by atoms with Gasteiger partial charge in [-0.2, -0.15) is 0 Å². The van der Waals surface area contributed by atoms with Gasteiger partial charge in [0.2, 0.25) is 0 Å². The number of aliphatic carboxylic acids is 1. The zero-order valence-electron chi connectivity index (χ0n) is 8.22. The van der Waals surface area contributed by atoms with Crippen LogP contribution in [0.5, 0.6) is 5.75 Å². The molecule has 0 spiro atoms. The van der Waals surface area contributed by atoms with Crippen molar-refractivity contribution in [3.8, 4) is 5.75 Å². The third-order valence-corrected chi connectivity index (χ3v) is 1.83. The Kier molecular flexibility index (Phi) is 3.96. The smallest absolute Gasteiger partial charge is 0.324 e. The number of carboxylic acid groups (broad SMARTS) is 1. The molecule has 5 nitrogen and oxygen atoms in total. The van der Waals surface area contributed by atoms with Crippen molar-refractivity contribution in [3.05, 3.63) is 29.6 Å². The lowest BCUT2D eigenvalue weighted by Crippen LogP contribution is -2.36. The highest BCUT2D eigenvalue weighted by molar-refractivity contribution is 5.75. The Morgan fingerprint density at radius 2 is 2.31 bits per heavy atom. The van der Waals surface area contributed by atoms with Gasteiger partial charge in [0.05, 0.1) is 0 Å². The quantitative estimate of drug-likeness (QED) is 0.712. The maximum Gasteiger partial charge on any atom is 0.324 e. The van der Waals surface area contributed by atoms with Crippen molar-refractivity contribution in [2.24, 2.45) is 5.73 Å². The summed E-state index contributed by atoms with van der Waals surface area (Å²) in [5.74, 6) is -2.10. The van der Waals surface area contributed by atoms with E-state index in [0.717, 1.165) is 6.07 Å². The summed E-state index contributed by atoms with van der Waals surface area (Å²) in [6.45, 7) is -0.341. The van der Waals surface area contributed by atoms with Gasteiger partial charge in [0, 0.05) is 5.56 Å². The van der Waals surface area contributed by atoms with Gasteiger partial charge in [-0.05, 0) is 18.2 Å². The number of benzene rings is 1. The Hall–Kier alpha value is -1.95. The van der Waals surface area contributed by atoms with Gasteiger partial charge in [-0.1, -0.05) is 0 Å². The van der Waals surface area contributed by atoms with Gasteiger partial charge >= 0.3 is 5.97 Å². The van der Waals surface area contributed by atoms with E-state index in [1.165, 1.54) is 12.1 Å². The van der Waals surface area contributed by atoms with Crippen LogP contribution < -0.4 is 10.5 Å². The van der Waals surface area contributed by atoms with Crippen LogP contribution in [0, 0.1) is 5.82 Å². The first kappa shape index (κ1) is 12.1. The standard InChI is InChI=1S/C10H10FNO4/c11-7-3-6(4-13)1-2-9(7)16-5-8(12)10(14)15/h1-4,8H,5,12H2,(H,14,15). The van der Waals surface area contributed by atoms with Gasteiger partial charge < -0.3 is 15.6 Å². The average molecular weight is 227 g/mol. The number of hydrogen-bond donors (Lipinski definition) is 2. The lowest BCUT2D eigenvalue weighted by Gasteiger charge is -2.09. The van der Waals surface area contributed by atoms with Crippen molar-refractivity contribution < 1.29 is 23.8 Å². The number of carbonyl (C=O) groups excluding carboxylic acids is 1. The molecule has 3 N–H and O–H groups in total. The van der Waals surface area contributed by atoms with Crippen LogP contribution in [0.25, 0.3) is 0 Å². The van der Waals surface area contributed by atoms with Crippen LogP contribution in [-0.4, -0.2) is 30.0 Å². The Balaban J connectivity index is 2.68. The van der Waals surface area contributed by atoms with Crippen molar-refractivity contribution in [2.45, 2.75) is 6.04 Å². The van der Waals surface area contributed by atoms with Gasteiger partial charge in [-0.15, -0.1) is 0 Å². The molecule has 0 fully saturated rings. The number of ether oxygens (including phenoxy) is 1. The van der Waals surface area contributed by atoms with Gasteiger partial charge in [0.25, 0.3) is 0 Å². The zero-order valence-corrected chi connectivity index (χ0v) is 8.22.